The molecule has 2 aromatic heterocycles. The van der Waals surface area contributed by atoms with Gasteiger partial charge in [0.15, 0.2) is 0 Å². The van der Waals surface area contributed by atoms with Gasteiger partial charge >= 0.3 is 5.97 Å². The van der Waals surface area contributed by atoms with Crippen LogP contribution < -0.4 is 5.56 Å². The third kappa shape index (κ3) is 5.52. The summed E-state index contributed by atoms with van der Waals surface area (Å²) in [5.74, 6) is -0.409. The lowest BCUT2D eigenvalue weighted by molar-refractivity contribution is -0.151. The van der Waals surface area contributed by atoms with Gasteiger partial charge in [-0.15, -0.1) is 17.9 Å². The molecule has 0 saturated heterocycles. The van der Waals surface area contributed by atoms with Gasteiger partial charge in [0.05, 0.1) is 17.8 Å². The van der Waals surface area contributed by atoms with Crippen molar-refractivity contribution in [3.8, 4) is 0 Å². The van der Waals surface area contributed by atoms with Crippen LogP contribution in [0, 0.1) is 0 Å². The first-order valence-electron chi connectivity index (χ1n) is 8.46. The first-order valence-corrected chi connectivity index (χ1v) is 9.28. The van der Waals surface area contributed by atoms with Crippen LogP contribution in [0.15, 0.2) is 48.6 Å². The number of fused-ring (bicyclic) bond motifs is 1. The summed E-state index contributed by atoms with van der Waals surface area (Å²) in [6.07, 6.45) is 8.77. The van der Waals surface area contributed by atoms with Crippen molar-refractivity contribution in [2.24, 2.45) is 0 Å². The number of nitrogens with zero attached hydrogens (tertiary/aromatic N) is 2. The van der Waals surface area contributed by atoms with Crippen LogP contribution in [0.1, 0.15) is 45.0 Å². The average Bonchev–Trinajstić information content (AvgIpc) is 2.99. The molecule has 0 aliphatic heterocycles. The van der Waals surface area contributed by atoms with Crippen molar-refractivity contribution in [2.45, 2.75) is 46.3 Å². The minimum atomic E-state index is -0.658. The molecule has 0 N–H and O–H groups in total. The van der Waals surface area contributed by atoms with E-state index in [-0.39, 0.29) is 11.7 Å². The molecule has 26 heavy (non-hydrogen) atoms. The Kier molecular flexibility index (Phi) is 8.72. The topological polar surface area (TPSA) is 61.2 Å². The van der Waals surface area contributed by atoms with Crippen LogP contribution in [-0.4, -0.2) is 21.6 Å². The second-order valence-corrected chi connectivity index (χ2v) is 6.80. The molecule has 5 nitrogen and oxygen atoms in total. The SMILES string of the molecule is C=C/C=C/c1cc2c(=O)n(C(CC)C(=O)OC(C)C)cnc2s1.C=CC. The average molecular weight is 375 g/mol. The largest absolute Gasteiger partial charge is 0.461 e. The van der Waals surface area contributed by atoms with Crippen LogP contribution in [0.5, 0.6) is 0 Å². The van der Waals surface area contributed by atoms with Crippen molar-refractivity contribution in [1.29, 1.82) is 0 Å². The first-order chi connectivity index (χ1) is 12.4. The van der Waals surface area contributed by atoms with E-state index in [0.29, 0.717) is 16.6 Å². The monoisotopic (exact) mass is 374 g/mol. The highest BCUT2D eigenvalue weighted by Gasteiger charge is 2.23. The Bertz CT molecular complexity index is 846. The predicted molar refractivity (Wildman–Crippen MR) is 110 cm³/mol. The van der Waals surface area contributed by atoms with Crippen molar-refractivity contribution in [3.05, 3.63) is 59.0 Å². The van der Waals surface area contributed by atoms with Crippen molar-refractivity contribution in [2.75, 3.05) is 0 Å². The summed E-state index contributed by atoms with van der Waals surface area (Å²) < 4.78 is 6.60. The number of aromatic nitrogens is 2. The quantitative estimate of drug-likeness (QED) is 0.416. The highest BCUT2D eigenvalue weighted by Crippen LogP contribution is 2.23. The zero-order valence-corrected chi connectivity index (χ0v) is 16.6. The van der Waals surface area contributed by atoms with Crippen molar-refractivity contribution >= 4 is 33.6 Å². The highest BCUT2D eigenvalue weighted by atomic mass is 32.1. The predicted octanol–water partition coefficient (Wildman–Crippen LogP) is 4.75. The van der Waals surface area contributed by atoms with E-state index in [4.69, 9.17) is 4.74 Å². The number of rotatable bonds is 6. The van der Waals surface area contributed by atoms with Crippen LogP contribution in [0.3, 0.4) is 0 Å². The number of carbonyl (C=O) groups excluding carboxylic acids is 1. The van der Waals surface area contributed by atoms with Crippen LogP contribution in [-0.2, 0) is 9.53 Å². The Labute approximate surface area is 158 Å². The summed E-state index contributed by atoms with van der Waals surface area (Å²) in [5, 5.41) is 0.511. The number of ether oxygens (including phenoxy) is 1. The Morgan fingerprint density at radius 2 is 2.08 bits per heavy atom. The molecule has 0 spiro atoms. The molecule has 2 rings (SSSR count). The first kappa shape index (κ1) is 21.6. The Hall–Kier alpha value is -2.47. The molecule has 0 saturated carbocycles. The molecule has 0 fully saturated rings. The van der Waals surface area contributed by atoms with Crippen LogP contribution in [0.2, 0.25) is 0 Å². The number of carbonyl (C=O) groups is 1. The van der Waals surface area contributed by atoms with E-state index in [0.717, 1.165) is 4.88 Å². The van der Waals surface area contributed by atoms with Gasteiger partial charge in [-0.2, -0.15) is 0 Å². The summed E-state index contributed by atoms with van der Waals surface area (Å²) in [6, 6.07) is 1.13. The lowest BCUT2D eigenvalue weighted by atomic mass is 10.2. The van der Waals surface area contributed by atoms with Crippen molar-refractivity contribution in [3.63, 3.8) is 0 Å². The molecule has 0 bridgehead atoms. The van der Waals surface area contributed by atoms with Crippen molar-refractivity contribution in [1.82, 2.24) is 9.55 Å². The number of hydrogen-bond donors (Lipinski definition) is 0. The lowest BCUT2D eigenvalue weighted by Gasteiger charge is -2.18. The molecule has 0 aliphatic rings. The molecule has 2 heterocycles. The second-order valence-electron chi connectivity index (χ2n) is 5.74. The van der Waals surface area contributed by atoms with Crippen molar-refractivity contribution < 1.29 is 9.53 Å². The van der Waals surface area contributed by atoms with Gasteiger partial charge in [0.1, 0.15) is 10.9 Å². The fourth-order valence-corrected chi connectivity index (χ4v) is 3.11. The van der Waals surface area contributed by atoms with E-state index in [2.05, 4.69) is 18.1 Å². The normalized spacial score (nSPS) is 11.9. The second kappa shape index (κ2) is 10.5. The number of esters is 1. The van der Waals surface area contributed by atoms with E-state index in [1.54, 1.807) is 38.1 Å². The number of thiophene rings is 1. The fourth-order valence-electron chi connectivity index (χ4n) is 2.21. The van der Waals surface area contributed by atoms with Gasteiger partial charge in [0.25, 0.3) is 5.56 Å². The van der Waals surface area contributed by atoms with Crippen LogP contribution in [0.25, 0.3) is 16.3 Å². The summed E-state index contributed by atoms with van der Waals surface area (Å²) in [5.41, 5.74) is -0.225. The summed E-state index contributed by atoms with van der Waals surface area (Å²) in [4.78, 5) is 30.8. The summed E-state index contributed by atoms with van der Waals surface area (Å²) in [6.45, 7) is 14.3. The maximum atomic E-state index is 12.7. The molecule has 0 radical (unpaired) electrons. The maximum absolute atomic E-state index is 12.7. The molecule has 0 aromatic carbocycles. The van der Waals surface area contributed by atoms with Gasteiger partial charge in [-0.3, -0.25) is 9.36 Å². The molecule has 1 unspecified atom stereocenters. The smallest absolute Gasteiger partial charge is 0.329 e. The third-order valence-electron chi connectivity index (χ3n) is 3.24. The zero-order chi connectivity index (χ0) is 19.7. The standard InChI is InChI=1S/C17H20N2O3S.C3H6/c1-5-7-8-12-9-13-15(23-12)18-10-19(16(13)20)14(6-2)17(21)22-11(3)4;1-3-2/h5,7-11,14H,1,6H2,2-4H3;3H,1H2,2H3/b8-7+;. The van der Waals surface area contributed by atoms with E-state index in [1.165, 1.54) is 22.2 Å². The zero-order valence-electron chi connectivity index (χ0n) is 15.8. The molecule has 0 aliphatic carbocycles. The maximum Gasteiger partial charge on any atom is 0.329 e. The van der Waals surface area contributed by atoms with E-state index in [9.17, 15) is 9.59 Å². The van der Waals surface area contributed by atoms with Gasteiger partial charge in [-0.05, 0) is 39.3 Å². The van der Waals surface area contributed by atoms with Gasteiger partial charge in [0.2, 0.25) is 0 Å². The Morgan fingerprint density at radius 1 is 1.42 bits per heavy atom. The molecular weight excluding hydrogens is 348 g/mol. The minimum absolute atomic E-state index is 0.222. The van der Waals surface area contributed by atoms with E-state index < -0.39 is 12.0 Å². The van der Waals surface area contributed by atoms with Gasteiger partial charge in [0, 0.05) is 4.88 Å². The fraction of sp³-hybridized carbons (Fsp3) is 0.350. The molecule has 6 heteroatoms. The minimum Gasteiger partial charge on any atom is -0.461 e. The molecular formula is C20H26N2O3S. The molecule has 0 amide bonds. The molecule has 1 atom stereocenters. The van der Waals surface area contributed by atoms with Crippen LogP contribution >= 0.6 is 11.3 Å². The highest BCUT2D eigenvalue weighted by molar-refractivity contribution is 7.19. The number of allylic oxidation sites excluding steroid dienone is 3. The van der Waals surface area contributed by atoms with E-state index in [1.807, 2.05) is 19.9 Å². The Balaban J connectivity index is 0.00000105. The number of hydrogen-bond acceptors (Lipinski definition) is 5. The Morgan fingerprint density at radius 3 is 2.62 bits per heavy atom. The van der Waals surface area contributed by atoms with Gasteiger partial charge in [-0.25, -0.2) is 9.78 Å². The summed E-state index contributed by atoms with van der Waals surface area (Å²) in [7, 11) is 0. The molecule has 2 aromatic rings. The summed E-state index contributed by atoms with van der Waals surface area (Å²) >= 11 is 1.42. The van der Waals surface area contributed by atoms with E-state index >= 15 is 0 Å². The van der Waals surface area contributed by atoms with Crippen LogP contribution in [0.4, 0.5) is 0 Å². The van der Waals surface area contributed by atoms with Gasteiger partial charge in [-0.1, -0.05) is 31.7 Å². The van der Waals surface area contributed by atoms with Gasteiger partial charge < -0.3 is 4.74 Å². The lowest BCUT2D eigenvalue weighted by Crippen LogP contribution is -2.31. The third-order valence-corrected chi connectivity index (χ3v) is 4.25. The molecule has 140 valence electrons.